The molecule has 17 heavy (non-hydrogen) atoms. The Labute approximate surface area is 101 Å². The average Bonchev–Trinajstić information content (AvgIpc) is 3.08. The van der Waals surface area contributed by atoms with Crippen LogP contribution in [0.5, 0.6) is 0 Å². The van der Waals surface area contributed by atoms with E-state index in [-0.39, 0.29) is 24.5 Å². The number of amides is 1. The van der Waals surface area contributed by atoms with E-state index in [1.165, 1.54) is 7.11 Å². The monoisotopic (exact) mass is 245 g/mol. The molecule has 0 aromatic heterocycles. The van der Waals surface area contributed by atoms with E-state index in [0.717, 1.165) is 0 Å². The van der Waals surface area contributed by atoms with Gasteiger partial charge in [0.1, 0.15) is 18.8 Å². The molecule has 1 amide bonds. The van der Waals surface area contributed by atoms with E-state index in [9.17, 15) is 9.59 Å². The van der Waals surface area contributed by atoms with Crippen molar-refractivity contribution in [3.8, 4) is 0 Å². The van der Waals surface area contributed by atoms with Crippen LogP contribution in [0, 0.1) is 5.92 Å². The minimum Gasteiger partial charge on any atom is -0.467 e. The second-order valence-corrected chi connectivity index (χ2v) is 4.28. The van der Waals surface area contributed by atoms with Crippen LogP contribution >= 0.6 is 0 Å². The fourth-order valence-electron chi connectivity index (χ4n) is 1.29. The fraction of sp³-hybridized carbons (Fsp3) is 0.818. The standard InChI is InChI=1S/C11H19NO5/c1-7(2)10(11(14)15-3)12-9(13)6-16-4-8-5-17-8/h7-8,10H,4-6H2,1-3H3,(H,12,13)/t8?,10-/m0/s1. The van der Waals surface area contributed by atoms with Crippen molar-refractivity contribution in [1.82, 2.24) is 5.32 Å². The SMILES string of the molecule is COC(=O)[C@@H](NC(=O)COCC1CO1)C(C)C. The second kappa shape index (κ2) is 6.56. The number of nitrogens with one attached hydrogen (secondary N) is 1. The van der Waals surface area contributed by atoms with Gasteiger partial charge in [-0.3, -0.25) is 4.79 Å². The number of epoxide rings is 1. The number of carbonyl (C=O) groups is 2. The van der Waals surface area contributed by atoms with Gasteiger partial charge in [0.15, 0.2) is 0 Å². The first-order valence-electron chi connectivity index (χ1n) is 5.61. The average molecular weight is 245 g/mol. The normalized spacial score (nSPS) is 19.9. The summed E-state index contributed by atoms with van der Waals surface area (Å²) in [4.78, 5) is 22.9. The molecule has 1 heterocycles. The smallest absolute Gasteiger partial charge is 0.328 e. The minimum atomic E-state index is -0.631. The molecule has 0 bridgehead atoms. The van der Waals surface area contributed by atoms with Crippen molar-refractivity contribution in [3.05, 3.63) is 0 Å². The van der Waals surface area contributed by atoms with Gasteiger partial charge < -0.3 is 19.5 Å². The van der Waals surface area contributed by atoms with E-state index in [1.54, 1.807) is 0 Å². The van der Waals surface area contributed by atoms with Crippen LogP contribution in [0.3, 0.4) is 0 Å². The van der Waals surface area contributed by atoms with Gasteiger partial charge in [0, 0.05) is 0 Å². The minimum absolute atomic E-state index is 0.0295. The van der Waals surface area contributed by atoms with E-state index in [4.69, 9.17) is 9.47 Å². The van der Waals surface area contributed by atoms with Crippen LogP contribution in [-0.4, -0.2) is 51.0 Å². The number of methoxy groups -OCH3 is 1. The summed E-state index contributed by atoms with van der Waals surface area (Å²) in [5.74, 6) is -0.799. The van der Waals surface area contributed by atoms with Crippen LogP contribution in [0.2, 0.25) is 0 Å². The number of rotatable bonds is 7. The third kappa shape index (κ3) is 5.14. The van der Waals surface area contributed by atoms with Crippen molar-refractivity contribution < 1.29 is 23.8 Å². The Balaban J connectivity index is 2.26. The topological polar surface area (TPSA) is 77.2 Å². The van der Waals surface area contributed by atoms with Crippen LogP contribution < -0.4 is 5.32 Å². The molecule has 98 valence electrons. The van der Waals surface area contributed by atoms with Gasteiger partial charge in [-0.1, -0.05) is 13.8 Å². The number of hydrogen-bond donors (Lipinski definition) is 1. The molecule has 0 spiro atoms. The summed E-state index contributed by atoms with van der Waals surface area (Å²) in [6, 6.07) is -0.631. The quantitative estimate of drug-likeness (QED) is 0.493. The predicted octanol–water partition coefficient (Wildman–Crippen LogP) is -0.284. The Morgan fingerprint density at radius 2 is 2.12 bits per heavy atom. The van der Waals surface area contributed by atoms with Gasteiger partial charge >= 0.3 is 5.97 Å². The van der Waals surface area contributed by atoms with E-state index in [0.29, 0.717) is 13.2 Å². The molecule has 1 fully saturated rings. The summed E-state index contributed by atoms with van der Waals surface area (Å²) in [6.45, 7) is 4.71. The van der Waals surface area contributed by atoms with Crippen molar-refractivity contribution in [1.29, 1.82) is 0 Å². The highest BCUT2D eigenvalue weighted by Crippen LogP contribution is 2.08. The highest BCUT2D eigenvalue weighted by atomic mass is 16.6. The highest BCUT2D eigenvalue weighted by molar-refractivity contribution is 5.85. The maximum Gasteiger partial charge on any atom is 0.328 e. The molecule has 1 rings (SSSR count). The van der Waals surface area contributed by atoms with E-state index < -0.39 is 12.0 Å². The molecular formula is C11H19NO5. The largest absolute Gasteiger partial charge is 0.467 e. The van der Waals surface area contributed by atoms with Gasteiger partial charge in [0.05, 0.1) is 20.3 Å². The van der Waals surface area contributed by atoms with E-state index in [2.05, 4.69) is 10.1 Å². The second-order valence-electron chi connectivity index (χ2n) is 4.28. The first-order chi connectivity index (χ1) is 8.04. The lowest BCUT2D eigenvalue weighted by Gasteiger charge is -2.19. The molecule has 1 N–H and O–H groups in total. The Bertz CT molecular complexity index is 275. The van der Waals surface area contributed by atoms with Gasteiger partial charge in [0.2, 0.25) is 5.91 Å². The van der Waals surface area contributed by atoms with Crippen LogP contribution in [0.15, 0.2) is 0 Å². The number of ether oxygens (including phenoxy) is 3. The van der Waals surface area contributed by atoms with Gasteiger partial charge in [-0.15, -0.1) is 0 Å². The molecule has 0 aliphatic carbocycles. The third-order valence-corrected chi connectivity index (χ3v) is 2.38. The van der Waals surface area contributed by atoms with Crippen LogP contribution in [0.1, 0.15) is 13.8 Å². The Hall–Kier alpha value is -1.14. The van der Waals surface area contributed by atoms with Crippen molar-refractivity contribution in [2.75, 3.05) is 26.9 Å². The number of esters is 1. The van der Waals surface area contributed by atoms with Crippen molar-refractivity contribution in [2.24, 2.45) is 5.92 Å². The lowest BCUT2D eigenvalue weighted by atomic mass is 10.0. The molecule has 0 aromatic carbocycles. The number of hydrogen-bond acceptors (Lipinski definition) is 5. The van der Waals surface area contributed by atoms with Crippen molar-refractivity contribution in [3.63, 3.8) is 0 Å². The van der Waals surface area contributed by atoms with Gasteiger partial charge in [0.25, 0.3) is 0 Å². The molecule has 0 saturated carbocycles. The zero-order chi connectivity index (χ0) is 12.8. The Morgan fingerprint density at radius 1 is 1.47 bits per heavy atom. The summed E-state index contributed by atoms with van der Waals surface area (Å²) < 4.78 is 14.7. The predicted molar refractivity (Wildman–Crippen MR) is 59.3 cm³/mol. The molecule has 0 aromatic rings. The molecule has 6 nitrogen and oxygen atoms in total. The molecule has 1 unspecified atom stereocenters. The summed E-state index contributed by atoms with van der Waals surface area (Å²) in [5.41, 5.74) is 0. The van der Waals surface area contributed by atoms with Crippen LogP contribution in [-0.2, 0) is 23.8 Å². The summed E-state index contributed by atoms with van der Waals surface area (Å²) in [7, 11) is 1.30. The lowest BCUT2D eigenvalue weighted by Crippen LogP contribution is -2.46. The molecular weight excluding hydrogens is 226 g/mol. The van der Waals surface area contributed by atoms with Gasteiger partial charge in [-0.25, -0.2) is 4.79 Å². The highest BCUT2D eigenvalue weighted by Gasteiger charge is 2.26. The zero-order valence-corrected chi connectivity index (χ0v) is 10.4. The van der Waals surface area contributed by atoms with Crippen molar-refractivity contribution in [2.45, 2.75) is 26.0 Å². The van der Waals surface area contributed by atoms with E-state index in [1.807, 2.05) is 13.8 Å². The van der Waals surface area contributed by atoms with Gasteiger partial charge in [-0.05, 0) is 5.92 Å². The molecule has 1 aliphatic rings. The van der Waals surface area contributed by atoms with E-state index >= 15 is 0 Å². The third-order valence-electron chi connectivity index (χ3n) is 2.38. The number of carbonyl (C=O) groups excluding carboxylic acids is 2. The molecule has 0 radical (unpaired) electrons. The molecule has 1 aliphatic heterocycles. The maximum atomic E-state index is 11.5. The summed E-state index contributed by atoms with van der Waals surface area (Å²) in [5, 5.41) is 2.58. The first kappa shape index (κ1) is 13.9. The summed E-state index contributed by atoms with van der Waals surface area (Å²) >= 11 is 0. The summed E-state index contributed by atoms with van der Waals surface area (Å²) in [6.07, 6.45) is 0.129. The Kier molecular flexibility index (Phi) is 5.37. The zero-order valence-electron chi connectivity index (χ0n) is 10.4. The van der Waals surface area contributed by atoms with Crippen molar-refractivity contribution >= 4 is 11.9 Å². The lowest BCUT2D eigenvalue weighted by molar-refractivity contribution is -0.147. The molecule has 1 saturated heterocycles. The molecule has 6 heteroatoms. The van der Waals surface area contributed by atoms with Gasteiger partial charge in [-0.2, -0.15) is 0 Å². The fourth-order valence-corrected chi connectivity index (χ4v) is 1.29. The van der Waals surface area contributed by atoms with Crippen LogP contribution in [0.25, 0.3) is 0 Å². The Morgan fingerprint density at radius 3 is 2.59 bits per heavy atom. The molecule has 2 atom stereocenters. The first-order valence-corrected chi connectivity index (χ1v) is 5.61. The van der Waals surface area contributed by atoms with Crippen LogP contribution in [0.4, 0.5) is 0 Å². The maximum absolute atomic E-state index is 11.5.